The highest BCUT2D eigenvalue weighted by atomic mass is 32.2. The average Bonchev–Trinajstić information content (AvgIpc) is 2.78. The van der Waals surface area contributed by atoms with Crippen LogP contribution in [0.3, 0.4) is 0 Å². The molecule has 0 saturated heterocycles. The standard InChI is InChI=1S/C15H21N3O3S/c1-11-15(12(2)21-16-11)22(19,20)17-14(10-18(3)4)13-8-6-5-7-9-13/h5-9,14,17H,10H2,1-4H3/t14-/m1/s1. The first kappa shape index (κ1) is 16.7. The van der Waals surface area contributed by atoms with Crippen LogP contribution in [0.4, 0.5) is 0 Å². The van der Waals surface area contributed by atoms with Crippen LogP contribution in [0.15, 0.2) is 39.8 Å². The summed E-state index contributed by atoms with van der Waals surface area (Å²) in [5.74, 6) is 0.293. The molecular weight excluding hydrogens is 302 g/mol. The van der Waals surface area contributed by atoms with Crippen molar-refractivity contribution in [3.8, 4) is 0 Å². The first-order chi connectivity index (χ1) is 10.3. The van der Waals surface area contributed by atoms with Gasteiger partial charge >= 0.3 is 0 Å². The topological polar surface area (TPSA) is 75.4 Å². The van der Waals surface area contributed by atoms with Gasteiger partial charge in [-0.2, -0.15) is 0 Å². The van der Waals surface area contributed by atoms with Crippen LogP contribution in [-0.2, 0) is 10.0 Å². The van der Waals surface area contributed by atoms with Gasteiger partial charge in [-0.05, 0) is 33.5 Å². The van der Waals surface area contributed by atoms with Gasteiger partial charge in [0.25, 0.3) is 0 Å². The Morgan fingerprint density at radius 2 is 1.86 bits per heavy atom. The predicted molar refractivity (Wildman–Crippen MR) is 84.0 cm³/mol. The van der Waals surface area contributed by atoms with Crippen LogP contribution in [0.25, 0.3) is 0 Å². The number of nitrogens with one attached hydrogen (secondary N) is 1. The molecule has 0 aliphatic carbocycles. The molecule has 0 bridgehead atoms. The fraction of sp³-hybridized carbons (Fsp3) is 0.400. The molecule has 6 nitrogen and oxygen atoms in total. The maximum atomic E-state index is 12.7. The van der Waals surface area contributed by atoms with Crippen molar-refractivity contribution in [1.82, 2.24) is 14.8 Å². The summed E-state index contributed by atoms with van der Waals surface area (Å²) in [6, 6.07) is 9.15. The normalized spacial score (nSPS) is 13.5. The van der Waals surface area contributed by atoms with Crippen LogP contribution in [0, 0.1) is 13.8 Å². The van der Waals surface area contributed by atoms with Gasteiger partial charge in [0.2, 0.25) is 10.0 Å². The highest BCUT2D eigenvalue weighted by molar-refractivity contribution is 7.89. The van der Waals surface area contributed by atoms with Crippen molar-refractivity contribution in [3.63, 3.8) is 0 Å². The predicted octanol–water partition coefficient (Wildman–Crippen LogP) is 1.87. The molecule has 1 atom stereocenters. The van der Waals surface area contributed by atoms with Crippen LogP contribution >= 0.6 is 0 Å². The number of aromatic nitrogens is 1. The fourth-order valence-corrected chi connectivity index (χ4v) is 3.91. The van der Waals surface area contributed by atoms with Gasteiger partial charge in [0.15, 0.2) is 5.76 Å². The van der Waals surface area contributed by atoms with E-state index in [1.54, 1.807) is 13.8 Å². The third-order valence-corrected chi connectivity index (χ3v) is 5.00. The van der Waals surface area contributed by atoms with Gasteiger partial charge in [-0.25, -0.2) is 13.1 Å². The number of hydrogen-bond acceptors (Lipinski definition) is 5. The minimum Gasteiger partial charge on any atom is -0.360 e. The Hall–Kier alpha value is -1.70. The number of hydrogen-bond donors (Lipinski definition) is 1. The van der Waals surface area contributed by atoms with E-state index in [1.807, 2.05) is 49.3 Å². The van der Waals surface area contributed by atoms with Gasteiger partial charge in [-0.3, -0.25) is 0 Å². The van der Waals surface area contributed by atoms with E-state index in [2.05, 4.69) is 9.88 Å². The Labute approximate surface area is 131 Å². The van der Waals surface area contributed by atoms with E-state index in [9.17, 15) is 8.42 Å². The summed E-state index contributed by atoms with van der Waals surface area (Å²) in [5, 5.41) is 3.72. The summed E-state index contributed by atoms with van der Waals surface area (Å²) in [5.41, 5.74) is 1.27. The second-order valence-electron chi connectivity index (χ2n) is 5.50. The van der Waals surface area contributed by atoms with Crippen molar-refractivity contribution in [2.24, 2.45) is 0 Å². The molecule has 0 fully saturated rings. The van der Waals surface area contributed by atoms with Crippen molar-refractivity contribution < 1.29 is 12.9 Å². The summed E-state index contributed by atoms with van der Waals surface area (Å²) in [4.78, 5) is 2.06. The molecule has 1 N–H and O–H groups in total. The largest absolute Gasteiger partial charge is 0.360 e. The average molecular weight is 323 g/mol. The Morgan fingerprint density at radius 1 is 1.23 bits per heavy atom. The van der Waals surface area contributed by atoms with Gasteiger partial charge in [0, 0.05) is 6.54 Å². The van der Waals surface area contributed by atoms with Crippen molar-refractivity contribution in [1.29, 1.82) is 0 Å². The highest BCUT2D eigenvalue weighted by Gasteiger charge is 2.27. The van der Waals surface area contributed by atoms with Crippen LogP contribution in [0.5, 0.6) is 0 Å². The molecule has 0 radical (unpaired) electrons. The number of benzene rings is 1. The molecule has 0 unspecified atom stereocenters. The van der Waals surface area contributed by atoms with Crippen LogP contribution in [0.1, 0.15) is 23.1 Å². The summed E-state index contributed by atoms with van der Waals surface area (Å²) in [6.45, 7) is 3.76. The minimum absolute atomic E-state index is 0.118. The molecule has 0 aliphatic rings. The second kappa shape index (κ2) is 6.60. The zero-order valence-electron chi connectivity index (χ0n) is 13.2. The molecule has 1 heterocycles. The van der Waals surface area contributed by atoms with Crippen molar-refractivity contribution in [2.75, 3.05) is 20.6 Å². The first-order valence-electron chi connectivity index (χ1n) is 6.96. The van der Waals surface area contributed by atoms with Gasteiger partial charge in [-0.15, -0.1) is 0 Å². The molecule has 7 heteroatoms. The molecule has 2 aromatic rings. The molecule has 1 aromatic carbocycles. The molecule has 0 spiro atoms. The minimum atomic E-state index is -3.70. The van der Waals surface area contributed by atoms with Crippen LogP contribution in [0.2, 0.25) is 0 Å². The number of aryl methyl sites for hydroxylation is 2. The molecule has 0 aliphatic heterocycles. The zero-order valence-corrected chi connectivity index (χ0v) is 14.0. The highest BCUT2D eigenvalue weighted by Crippen LogP contribution is 2.22. The Kier molecular flexibility index (Phi) is 5.00. The molecule has 22 heavy (non-hydrogen) atoms. The lowest BCUT2D eigenvalue weighted by Crippen LogP contribution is -2.35. The van der Waals surface area contributed by atoms with Gasteiger partial charge < -0.3 is 9.42 Å². The molecule has 1 aromatic heterocycles. The number of likely N-dealkylation sites (N-methyl/N-ethyl adjacent to an activating group) is 1. The monoisotopic (exact) mass is 323 g/mol. The van der Waals surface area contributed by atoms with Gasteiger partial charge in [0.05, 0.1) is 6.04 Å². The summed E-state index contributed by atoms with van der Waals surface area (Å²) in [7, 11) is 0.102. The van der Waals surface area contributed by atoms with E-state index >= 15 is 0 Å². The number of nitrogens with zero attached hydrogens (tertiary/aromatic N) is 2. The van der Waals surface area contributed by atoms with Crippen LogP contribution < -0.4 is 4.72 Å². The molecule has 0 amide bonds. The number of sulfonamides is 1. The van der Waals surface area contributed by atoms with E-state index in [-0.39, 0.29) is 10.9 Å². The Balaban J connectivity index is 2.35. The van der Waals surface area contributed by atoms with E-state index in [1.165, 1.54) is 0 Å². The van der Waals surface area contributed by atoms with Crippen molar-refractivity contribution in [3.05, 3.63) is 47.3 Å². The molecule has 0 saturated carbocycles. The van der Waals surface area contributed by atoms with Crippen molar-refractivity contribution >= 4 is 10.0 Å². The summed E-state index contributed by atoms with van der Waals surface area (Å²) < 4.78 is 33.1. The maximum Gasteiger partial charge on any atom is 0.246 e. The fourth-order valence-electron chi connectivity index (χ4n) is 2.37. The van der Waals surface area contributed by atoms with E-state index < -0.39 is 10.0 Å². The molecule has 2 rings (SSSR count). The van der Waals surface area contributed by atoms with Crippen molar-refractivity contribution in [2.45, 2.75) is 24.8 Å². The first-order valence-corrected chi connectivity index (χ1v) is 8.44. The van der Waals surface area contributed by atoms with E-state index in [4.69, 9.17) is 4.52 Å². The summed E-state index contributed by atoms with van der Waals surface area (Å²) in [6.07, 6.45) is 0. The Bertz CT molecular complexity index is 704. The smallest absolute Gasteiger partial charge is 0.246 e. The maximum absolute atomic E-state index is 12.7. The van der Waals surface area contributed by atoms with E-state index in [0.29, 0.717) is 18.0 Å². The van der Waals surface area contributed by atoms with Crippen LogP contribution in [-0.4, -0.2) is 39.1 Å². The lowest BCUT2D eigenvalue weighted by molar-refractivity contribution is 0.363. The molecular formula is C15H21N3O3S. The zero-order chi connectivity index (χ0) is 16.3. The third kappa shape index (κ3) is 3.73. The lowest BCUT2D eigenvalue weighted by Gasteiger charge is -2.22. The molecule has 120 valence electrons. The second-order valence-corrected chi connectivity index (χ2v) is 7.15. The SMILES string of the molecule is Cc1noc(C)c1S(=O)(=O)N[C@H](CN(C)C)c1ccccc1. The number of rotatable bonds is 6. The van der Waals surface area contributed by atoms with Gasteiger partial charge in [0.1, 0.15) is 10.6 Å². The van der Waals surface area contributed by atoms with Gasteiger partial charge in [-0.1, -0.05) is 35.5 Å². The Morgan fingerprint density at radius 3 is 2.36 bits per heavy atom. The quantitative estimate of drug-likeness (QED) is 0.878. The summed E-state index contributed by atoms with van der Waals surface area (Å²) >= 11 is 0. The lowest BCUT2D eigenvalue weighted by atomic mass is 10.1. The third-order valence-electron chi connectivity index (χ3n) is 3.28. The van der Waals surface area contributed by atoms with E-state index in [0.717, 1.165) is 5.56 Å².